The summed E-state index contributed by atoms with van der Waals surface area (Å²) in [5.41, 5.74) is -0.379. The number of hydrogen-bond donors (Lipinski definition) is 1. The van der Waals surface area contributed by atoms with Crippen molar-refractivity contribution in [3.8, 4) is 5.75 Å². The summed E-state index contributed by atoms with van der Waals surface area (Å²) in [7, 11) is 0. The van der Waals surface area contributed by atoms with Gasteiger partial charge >= 0.3 is 5.97 Å². The minimum absolute atomic E-state index is 0.114. The zero-order chi connectivity index (χ0) is 14.8. The fraction of sp³-hybridized carbons (Fsp3) is 0.562. The molecule has 112 valence electrons. The number of benzene rings is 1. The van der Waals surface area contributed by atoms with Crippen LogP contribution in [0.15, 0.2) is 18.2 Å². The Kier molecular flexibility index (Phi) is 7.70. The standard InChI is InChI=1S/C16H23FO3/c1-2-3-4-5-6-7-8-12-20-14-11-9-10-13(17)15(14)16(18)19/h9-11H,2-8,12H2,1H3,(H,18,19). The Balaban J connectivity index is 2.29. The van der Waals surface area contributed by atoms with E-state index in [2.05, 4.69) is 6.92 Å². The van der Waals surface area contributed by atoms with Gasteiger partial charge in [-0.15, -0.1) is 0 Å². The number of ether oxygens (including phenoxy) is 1. The highest BCUT2D eigenvalue weighted by Crippen LogP contribution is 2.21. The average Bonchev–Trinajstić information content (AvgIpc) is 2.41. The average molecular weight is 282 g/mol. The summed E-state index contributed by atoms with van der Waals surface area (Å²) in [6, 6.07) is 4.08. The second kappa shape index (κ2) is 9.34. The van der Waals surface area contributed by atoms with Crippen LogP contribution < -0.4 is 4.74 Å². The third-order valence-electron chi connectivity index (χ3n) is 3.19. The van der Waals surface area contributed by atoms with Gasteiger partial charge in [0.25, 0.3) is 0 Å². The Morgan fingerprint density at radius 3 is 2.45 bits per heavy atom. The van der Waals surface area contributed by atoms with Gasteiger partial charge in [0, 0.05) is 0 Å². The molecule has 1 N–H and O–H groups in total. The Hall–Kier alpha value is -1.58. The lowest BCUT2D eigenvalue weighted by atomic mass is 10.1. The van der Waals surface area contributed by atoms with E-state index < -0.39 is 11.8 Å². The molecule has 1 aromatic rings. The summed E-state index contributed by atoms with van der Waals surface area (Å²) in [6.07, 6.45) is 8.10. The molecule has 4 heteroatoms. The van der Waals surface area contributed by atoms with E-state index in [0.717, 1.165) is 25.3 Å². The van der Waals surface area contributed by atoms with E-state index >= 15 is 0 Å². The van der Waals surface area contributed by atoms with Gasteiger partial charge in [-0.2, -0.15) is 0 Å². The number of halogens is 1. The molecule has 1 aromatic carbocycles. The molecule has 0 bridgehead atoms. The van der Waals surface area contributed by atoms with E-state index in [4.69, 9.17) is 9.84 Å². The van der Waals surface area contributed by atoms with E-state index in [-0.39, 0.29) is 11.3 Å². The van der Waals surface area contributed by atoms with Crippen LogP contribution in [0.3, 0.4) is 0 Å². The third-order valence-corrected chi connectivity index (χ3v) is 3.19. The third kappa shape index (κ3) is 5.59. The summed E-state index contributed by atoms with van der Waals surface area (Å²) in [4.78, 5) is 11.0. The number of hydrogen-bond acceptors (Lipinski definition) is 2. The van der Waals surface area contributed by atoms with Gasteiger partial charge in [-0.3, -0.25) is 0 Å². The number of rotatable bonds is 10. The molecule has 0 heterocycles. The Morgan fingerprint density at radius 2 is 1.80 bits per heavy atom. The smallest absolute Gasteiger partial charge is 0.342 e. The minimum atomic E-state index is -1.29. The molecule has 0 unspecified atom stereocenters. The van der Waals surface area contributed by atoms with Crippen LogP contribution >= 0.6 is 0 Å². The molecule has 20 heavy (non-hydrogen) atoms. The Morgan fingerprint density at radius 1 is 1.15 bits per heavy atom. The molecule has 0 amide bonds. The fourth-order valence-electron chi connectivity index (χ4n) is 2.07. The second-order valence-electron chi connectivity index (χ2n) is 4.89. The topological polar surface area (TPSA) is 46.5 Å². The van der Waals surface area contributed by atoms with Crippen LogP contribution in [0, 0.1) is 5.82 Å². The first-order chi connectivity index (χ1) is 9.66. The van der Waals surface area contributed by atoms with Crippen molar-refractivity contribution in [3.05, 3.63) is 29.6 Å². The Labute approximate surface area is 119 Å². The highest BCUT2D eigenvalue weighted by molar-refractivity contribution is 5.91. The van der Waals surface area contributed by atoms with Gasteiger partial charge in [-0.1, -0.05) is 51.5 Å². The number of carboxylic acids is 1. The largest absolute Gasteiger partial charge is 0.493 e. The molecular formula is C16H23FO3. The molecule has 0 radical (unpaired) electrons. The van der Waals surface area contributed by atoms with Gasteiger partial charge in [0.15, 0.2) is 0 Å². The zero-order valence-electron chi connectivity index (χ0n) is 12.0. The van der Waals surface area contributed by atoms with Crippen LogP contribution in [-0.4, -0.2) is 17.7 Å². The maximum absolute atomic E-state index is 13.4. The van der Waals surface area contributed by atoms with E-state index in [9.17, 15) is 9.18 Å². The summed E-state index contributed by atoms with van der Waals surface area (Å²) in [6.45, 7) is 2.62. The first-order valence-corrected chi connectivity index (χ1v) is 7.31. The predicted molar refractivity (Wildman–Crippen MR) is 76.8 cm³/mol. The molecule has 0 saturated carbocycles. The molecule has 0 aliphatic carbocycles. The van der Waals surface area contributed by atoms with Gasteiger partial charge in [-0.05, 0) is 18.6 Å². The van der Waals surface area contributed by atoms with Crippen LogP contribution in [0.2, 0.25) is 0 Å². The summed E-state index contributed by atoms with van der Waals surface area (Å²) < 4.78 is 18.8. The van der Waals surface area contributed by atoms with Gasteiger partial charge in [-0.25, -0.2) is 9.18 Å². The first-order valence-electron chi connectivity index (χ1n) is 7.31. The molecule has 1 rings (SSSR count). The van der Waals surface area contributed by atoms with Gasteiger partial charge in [0.2, 0.25) is 0 Å². The molecular weight excluding hydrogens is 259 g/mol. The maximum atomic E-state index is 13.4. The van der Waals surface area contributed by atoms with E-state index in [0.29, 0.717) is 6.61 Å². The second-order valence-corrected chi connectivity index (χ2v) is 4.89. The van der Waals surface area contributed by atoms with Crippen LogP contribution in [-0.2, 0) is 0 Å². The summed E-state index contributed by atoms with van der Waals surface area (Å²) in [5, 5.41) is 8.95. The molecule has 0 fully saturated rings. The van der Waals surface area contributed by atoms with Crippen molar-refractivity contribution in [2.24, 2.45) is 0 Å². The van der Waals surface area contributed by atoms with Crippen molar-refractivity contribution in [3.63, 3.8) is 0 Å². The summed E-state index contributed by atoms with van der Waals surface area (Å²) >= 11 is 0. The fourth-order valence-corrected chi connectivity index (χ4v) is 2.07. The molecule has 0 spiro atoms. The minimum Gasteiger partial charge on any atom is -0.493 e. The lowest BCUT2D eigenvalue weighted by Crippen LogP contribution is -2.06. The van der Waals surface area contributed by atoms with E-state index in [1.54, 1.807) is 0 Å². The maximum Gasteiger partial charge on any atom is 0.342 e. The van der Waals surface area contributed by atoms with Crippen molar-refractivity contribution in [1.82, 2.24) is 0 Å². The molecule has 0 aliphatic heterocycles. The van der Waals surface area contributed by atoms with Gasteiger partial charge in [0.05, 0.1) is 6.61 Å². The van der Waals surface area contributed by atoms with Crippen LogP contribution in [0.1, 0.15) is 62.2 Å². The number of unbranched alkanes of at least 4 members (excludes halogenated alkanes) is 6. The first kappa shape index (κ1) is 16.5. The van der Waals surface area contributed by atoms with E-state index in [1.165, 1.54) is 37.8 Å². The highest BCUT2D eigenvalue weighted by atomic mass is 19.1. The van der Waals surface area contributed by atoms with Gasteiger partial charge in [0.1, 0.15) is 17.1 Å². The van der Waals surface area contributed by atoms with Crippen molar-refractivity contribution < 1.29 is 19.0 Å². The Bertz CT molecular complexity index is 418. The van der Waals surface area contributed by atoms with Crippen LogP contribution in [0.4, 0.5) is 4.39 Å². The predicted octanol–water partition coefficient (Wildman–Crippen LogP) is 4.65. The number of carbonyl (C=O) groups is 1. The van der Waals surface area contributed by atoms with Crippen molar-refractivity contribution in [2.75, 3.05) is 6.61 Å². The quantitative estimate of drug-likeness (QED) is 0.635. The van der Waals surface area contributed by atoms with Crippen molar-refractivity contribution in [1.29, 1.82) is 0 Å². The molecule has 0 aromatic heterocycles. The number of carboxylic acid groups (broad SMARTS) is 1. The molecule has 0 aliphatic rings. The zero-order valence-corrected chi connectivity index (χ0v) is 12.0. The summed E-state index contributed by atoms with van der Waals surface area (Å²) in [5.74, 6) is -1.93. The highest BCUT2D eigenvalue weighted by Gasteiger charge is 2.16. The lowest BCUT2D eigenvalue weighted by Gasteiger charge is -2.09. The lowest BCUT2D eigenvalue weighted by molar-refractivity contribution is 0.0686. The van der Waals surface area contributed by atoms with Gasteiger partial charge < -0.3 is 9.84 Å². The van der Waals surface area contributed by atoms with E-state index in [1.807, 2.05) is 0 Å². The van der Waals surface area contributed by atoms with Crippen molar-refractivity contribution >= 4 is 5.97 Å². The molecule has 3 nitrogen and oxygen atoms in total. The van der Waals surface area contributed by atoms with Crippen LogP contribution in [0.5, 0.6) is 5.75 Å². The monoisotopic (exact) mass is 282 g/mol. The SMILES string of the molecule is CCCCCCCCCOc1cccc(F)c1C(=O)O. The normalized spacial score (nSPS) is 10.5. The molecule has 0 atom stereocenters. The molecule has 0 saturated heterocycles. The number of aromatic carboxylic acids is 1. The van der Waals surface area contributed by atoms with Crippen molar-refractivity contribution in [2.45, 2.75) is 51.9 Å². The van der Waals surface area contributed by atoms with Crippen LogP contribution in [0.25, 0.3) is 0 Å².